The first-order chi connectivity index (χ1) is 27.3. The van der Waals surface area contributed by atoms with Crippen LogP contribution in [0.3, 0.4) is 0 Å². The van der Waals surface area contributed by atoms with Crippen LogP contribution in [0.15, 0.2) is 209 Å². The Morgan fingerprint density at radius 2 is 0.691 bits per heavy atom. The van der Waals surface area contributed by atoms with E-state index in [0.717, 1.165) is 77.3 Å². The molecule has 2 heterocycles. The molecule has 0 aliphatic carbocycles. The summed E-state index contributed by atoms with van der Waals surface area (Å²) in [4.78, 5) is 2.30. The van der Waals surface area contributed by atoms with Gasteiger partial charge < -0.3 is 13.7 Å². The topological polar surface area (TPSA) is 29.5 Å². The van der Waals surface area contributed by atoms with E-state index in [2.05, 4.69) is 193 Å². The third kappa shape index (κ3) is 5.20. The number of benzene rings is 9. The molecule has 0 unspecified atom stereocenters. The molecule has 0 N–H and O–H groups in total. The molecule has 0 amide bonds. The third-order valence-corrected chi connectivity index (χ3v) is 10.9. The molecule has 0 spiro atoms. The van der Waals surface area contributed by atoms with Crippen LogP contribution in [0.2, 0.25) is 0 Å². The normalized spacial score (nSPS) is 11.6. The summed E-state index contributed by atoms with van der Waals surface area (Å²) < 4.78 is 13.5. The van der Waals surface area contributed by atoms with Gasteiger partial charge in [0.1, 0.15) is 22.3 Å². The summed E-state index contributed by atoms with van der Waals surface area (Å²) in [7, 11) is 0. The number of para-hydroxylation sites is 1. The summed E-state index contributed by atoms with van der Waals surface area (Å²) in [5, 5.41) is 6.48. The molecular weight excluding hydrogens is 671 g/mol. The van der Waals surface area contributed by atoms with Crippen molar-refractivity contribution in [3.63, 3.8) is 0 Å². The van der Waals surface area contributed by atoms with Crippen molar-refractivity contribution in [2.45, 2.75) is 0 Å². The Bertz CT molecular complexity index is 3160. The van der Waals surface area contributed by atoms with Gasteiger partial charge in [0.05, 0.1) is 5.39 Å². The van der Waals surface area contributed by atoms with Crippen molar-refractivity contribution in [3.8, 4) is 33.4 Å². The zero-order valence-corrected chi connectivity index (χ0v) is 29.8. The fourth-order valence-corrected chi connectivity index (χ4v) is 8.20. The van der Waals surface area contributed by atoms with Crippen LogP contribution in [-0.4, -0.2) is 0 Å². The quantitative estimate of drug-likeness (QED) is 0.173. The molecule has 2 aromatic heterocycles. The molecule has 0 aliphatic rings. The average Bonchev–Trinajstić information content (AvgIpc) is 3.84. The molecule has 0 radical (unpaired) electrons. The summed E-state index contributed by atoms with van der Waals surface area (Å²) in [6.07, 6.45) is 0. The zero-order chi connectivity index (χ0) is 36.3. The van der Waals surface area contributed by atoms with Crippen molar-refractivity contribution in [1.82, 2.24) is 0 Å². The summed E-state index contributed by atoms with van der Waals surface area (Å²) in [6, 6.07) is 70.8. The van der Waals surface area contributed by atoms with Crippen LogP contribution < -0.4 is 4.90 Å². The largest absolute Gasteiger partial charge is 0.455 e. The predicted molar refractivity (Wildman–Crippen MR) is 229 cm³/mol. The van der Waals surface area contributed by atoms with E-state index in [1.807, 2.05) is 12.1 Å². The maximum Gasteiger partial charge on any atom is 0.147 e. The van der Waals surface area contributed by atoms with E-state index in [1.165, 1.54) is 27.8 Å². The Balaban J connectivity index is 1.05. The van der Waals surface area contributed by atoms with Gasteiger partial charge in [0.25, 0.3) is 0 Å². The minimum absolute atomic E-state index is 0.812. The minimum atomic E-state index is 0.812. The number of hydrogen-bond acceptors (Lipinski definition) is 3. The standard InChI is InChI=1S/C52H33NO2/c1-3-11-34(12-4-1)36-19-21-37(22-20-36)39-25-29-41(30-26-39)53(40-27-23-38(24-28-40)35-13-5-2-6-14-35)42-31-32-46-48(33-42)55-51-44-16-8-7-15-43(44)49-45-17-9-10-18-47(45)54-52(49)50(46)51/h1-33H. The molecule has 0 saturated heterocycles. The lowest BCUT2D eigenvalue weighted by molar-refractivity contribution is 0.665. The van der Waals surface area contributed by atoms with Crippen LogP contribution in [0.5, 0.6) is 0 Å². The molecule has 0 aliphatic heterocycles. The van der Waals surface area contributed by atoms with E-state index in [-0.39, 0.29) is 0 Å². The van der Waals surface area contributed by atoms with E-state index >= 15 is 0 Å². The van der Waals surface area contributed by atoms with Gasteiger partial charge in [-0.3, -0.25) is 0 Å². The molecule has 0 saturated carbocycles. The lowest BCUT2D eigenvalue weighted by Gasteiger charge is -2.26. The van der Waals surface area contributed by atoms with Crippen molar-refractivity contribution in [2.24, 2.45) is 0 Å². The molecule has 55 heavy (non-hydrogen) atoms. The fourth-order valence-electron chi connectivity index (χ4n) is 8.20. The van der Waals surface area contributed by atoms with Crippen molar-refractivity contribution in [1.29, 1.82) is 0 Å². The summed E-state index contributed by atoms with van der Waals surface area (Å²) in [6.45, 7) is 0. The van der Waals surface area contributed by atoms with Gasteiger partial charge in [-0.2, -0.15) is 0 Å². The molecule has 11 aromatic rings. The molecule has 11 rings (SSSR count). The fraction of sp³-hybridized carbons (Fsp3) is 0. The minimum Gasteiger partial charge on any atom is -0.455 e. The molecule has 3 nitrogen and oxygen atoms in total. The predicted octanol–water partition coefficient (Wildman–Crippen LogP) is 15.1. The number of hydrogen-bond donors (Lipinski definition) is 0. The van der Waals surface area contributed by atoms with Crippen LogP contribution in [0.4, 0.5) is 17.1 Å². The number of nitrogens with zero attached hydrogens (tertiary/aromatic N) is 1. The van der Waals surface area contributed by atoms with Gasteiger partial charge >= 0.3 is 0 Å². The van der Waals surface area contributed by atoms with Crippen molar-refractivity contribution in [3.05, 3.63) is 200 Å². The van der Waals surface area contributed by atoms with Gasteiger partial charge in [0.2, 0.25) is 0 Å². The van der Waals surface area contributed by atoms with Gasteiger partial charge in [-0.05, 0) is 81.2 Å². The number of furan rings is 2. The van der Waals surface area contributed by atoms with Crippen LogP contribution >= 0.6 is 0 Å². The highest BCUT2D eigenvalue weighted by Gasteiger charge is 2.22. The van der Waals surface area contributed by atoms with Gasteiger partial charge in [0.15, 0.2) is 0 Å². The van der Waals surface area contributed by atoms with E-state index in [1.54, 1.807) is 0 Å². The monoisotopic (exact) mass is 703 g/mol. The first-order valence-electron chi connectivity index (χ1n) is 18.7. The molecule has 258 valence electrons. The van der Waals surface area contributed by atoms with Crippen molar-refractivity contribution in [2.75, 3.05) is 4.90 Å². The molecule has 0 atom stereocenters. The second-order valence-electron chi connectivity index (χ2n) is 14.1. The summed E-state index contributed by atoms with van der Waals surface area (Å²) >= 11 is 0. The lowest BCUT2D eigenvalue weighted by Crippen LogP contribution is -2.09. The Hall–Kier alpha value is -7.36. The van der Waals surface area contributed by atoms with Gasteiger partial charge in [-0.1, -0.05) is 152 Å². The highest BCUT2D eigenvalue weighted by atomic mass is 16.3. The van der Waals surface area contributed by atoms with Gasteiger partial charge in [0, 0.05) is 44.7 Å². The van der Waals surface area contributed by atoms with Crippen molar-refractivity contribution >= 4 is 71.7 Å². The van der Waals surface area contributed by atoms with Gasteiger partial charge in [-0.25, -0.2) is 0 Å². The first kappa shape index (κ1) is 31.2. The van der Waals surface area contributed by atoms with Crippen LogP contribution in [0.25, 0.3) is 88.0 Å². The third-order valence-electron chi connectivity index (χ3n) is 10.9. The number of fused-ring (bicyclic) bond motifs is 10. The SMILES string of the molecule is c1ccc(-c2ccc(-c3ccc(N(c4ccc(-c5ccccc5)cc4)c4ccc5c(c4)oc4c6ccccc6c6c7ccccc7oc6c54)cc3)cc2)cc1. The second kappa shape index (κ2) is 12.6. The number of rotatable bonds is 6. The van der Waals surface area contributed by atoms with E-state index in [4.69, 9.17) is 8.83 Å². The Morgan fingerprint density at radius 1 is 0.273 bits per heavy atom. The van der Waals surface area contributed by atoms with Crippen LogP contribution in [0, 0.1) is 0 Å². The molecule has 0 bridgehead atoms. The maximum absolute atomic E-state index is 6.84. The molecule has 0 fully saturated rings. The van der Waals surface area contributed by atoms with Crippen LogP contribution in [-0.2, 0) is 0 Å². The van der Waals surface area contributed by atoms with Crippen molar-refractivity contribution < 1.29 is 8.83 Å². The van der Waals surface area contributed by atoms with Crippen LogP contribution in [0.1, 0.15) is 0 Å². The molecular formula is C52H33NO2. The van der Waals surface area contributed by atoms with Gasteiger partial charge in [-0.15, -0.1) is 0 Å². The molecule has 9 aromatic carbocycles. The highest BCUT2D eigenvalue weighted by molar-refractivity contribution is 6.33. The Labute approximate surface area is 317 Å². The Morgan fingerprint density at radius 3 is 1.27 bits per heavy atom. The Kier molecular flexibility index (Phi) is 7.17. The number of anilines is 3. The highest BCUT2D eigenvalue weighted by Crippen LogP contribution is 2.46. The smallest absolute Gasteiger partial charge is 0.147 e. The first-order valence-corrected chi connectivity index (χ1v) is 18.7. The zero-order valence-electron chi connectivity index (χ0n) is 29.8. The maximum atomic E-state index is 6.84. The lowest BCUT2D eigenvalue weighted by atomic mass is 9.99. The summed E-state index contributed by atoms with van der Waals surface area (Å²) in [5.74, 6) is 0. The average molecular weight is 704 g/mol. The van der Waals surface area contributed by atoms with E-state index in [0.29, 0.717) is 0 Å². The van der Waals surface area contributed by atoms with E-state index < -0.39 is 0 Å². The second-order valence-corrected chi connectivity index (χ2v) is 14.1. The molecule has 3 heteroatoms. The summed E-state index contributed by atoms with van der Waals surface area (Å²) in [5.41, 5.74) is 13.6. The van der Waals surface area contributed by atoms with E-state index in [9.17, 15) is 0 Å².